The van der Waals surface area contributed by atoms with Gasteiger partial charge in [-0.25, -0.2) is 0 Å². The van der Waals surface area contributed by atoms with Gasteiger partial charge in [0.15, 0.2) is 4.99 Å². The van der Waals surface area contributed by atoms with Gasteiger partial charge >= 0.3 is 0 Å². The van der Waals surface area contributed by atoms with Gasteiger partial charge in [-0.1, -0.05) is 0 Å². The summed E-state index contributed by atoms with van der Waals surface area (Å²) in [4.78, 5) is 0.653. The van der Waals surface area contributed by atoms with Gasteiger partial charge in [0.1, 0.15) is 0 Å². The third kappa shape index (κ3) is 0.964. The maximum Gasteiger partial charge on any atom is 0.172 e. The molecule has 1 N–H and O–H groups in total. The van der Waals surface area contributed by atoms with Gasteiger partial charge in [-0.05, 0) is 12.2 Å². The summed E-state index contributed by atoms with van der Waals surface area (Å²) in [5, 5.41) is 10.6. The fourth-order valence-electron chi connectivity index (χ4n) is 0.688. The van der Waals surface area contributed by atoms with E-state index in [2.05, 4.69) is 0 Å². The van der Waals surface area contributed by atoms with Gasteiger partial charge in [0.05, 0.1) is 6.54 Å². The van der Waals surface area contributed by atoms with E-state index in [4.69, 9.17) is 12.2 Å². The molecule has 1 atom stereocenters. The zero-order valence-corrected chi connectivity index (χ0v) is 4.75. The molecule has 0 saturated carbocycles. The summed E-state index contributed by atoms with van der Waals surface area (Å²) in [7, 11) is 0. The Hall–Kier alpha value is 0.01000. The van der Waals surface area contributed by atoms with Crippen molar-refractivity contribution in [1.82, 2.24) is 0 Å². The number of hydrogen-bond donors (Lipinski definition) is 1. The first-order valence-electron chi connectivity index (χ1n) is 2.37. The molecule has 0 radical (unpaired) electrons. The van der Waals surface area contributed by atoms with E-state index >= 15 is 0 Å². The number of thiocarbonyl (C=S) groups is 1. The molecule has 1 unspecified atom stereocenters. The van der Waals surface area contributed by atoms with E-state index in [1.165, 1.54) is 0 Å². The van der Waals surface area contributed by atoms with Crippen molar-refractivity contribution in [3.05, 3.63) is 5.21 Å². The van der Waals surface area contributed by atoms with Crippen molar-refractivity contribution in [2.75, 3.05) is 6.54 Å². The maximum atomic E-state index is 10.4. The molecule has 1 fully saturated rings. The molecule has 3 heteroatoms. The quantitative estimate of drug-likeness (QED) is 0.342. The predicted molar refractivity (Wildman–Crippen MR) is 31.0 cm³/mol. The first-order chi connectivity index (χ1) is 3.30. The number of nitrogens with one attached hydrogen (secondary N) is 1. The normalized spacial score (nSPS) is 31.6. The van der Waals surface area contributed by atoms with Crippen LogP contribution < -0.4 is 5.06 Å². The maximum absolute atomic E-state index is 10.4. The second-order valence-corrected chi connectivity index (χ2v) is 2.19. The van der Waals surface area contributed by atoms with Crippen LogP contribution in [0, 0.1) is 5.21 Å². The molecule has 0 aromatic rings. The third-order valence-electron chi connectivity index (χ3n) is 1.12. The topological polar surface area (TPSA) is 27.5 Å². The van der Waals surface area contributed by atoms with Gasteiger partial charge in [-0.15, -0.1) is 0 Å². The molecule has 1 saturated heterocycles. The minimum Gasteiger partial charge on any atom is -0.628 e. The smallest absolute Gasteiger partial charge is 0.172 e. The number of quaternary nitrogens is 1. The van der Waals surface area contributed by atoms with Crippen LogP contribution in [0.4, 0.5) is 0 Å². The largest absolute Gasteiger partial charge is 0.628 e. The van der Waals surface area contributed by atoms with Crippen molar-refractivity contribution in [3.8, 4) is 0 Å². The zero-order chi connectivity index (χ0) is 5.28. The predicted octanol–water partition coefficient (Wildman–Crippen LogP) is -0.510. The van der Waals surface area contributed by atoms with Crippen LogP contribution in [0.25, 0.3) is 0 Å². The van der Waals surface area contributed by atoms with Gasteiger partial charge in [0.25, 0.3) is 0 Å². The van der Waals surface area contributed by atoms with E-state index in [-0.39, 0.29) is 5.06 Å². The van der Waals surface area contributed by atoms with Crippen LogP contribution in [0.5, 0.6) is 0 Å². The Labute approximate surface area is 47.7 Å². The highest BCUT2D eigenvalue weighted by molar-refractivity contribution is 7.80. The number of rotatable bonds is 0. The van der Waals surface area contributed by atoms with Crippen molar-refractivity contribution in [1.29, 1.82) is 0 Å². The summed E-state index contributed by atoms with van der Waals surface area (Å²) in [6.45, 7) is 0.693. The van der Waals surface area contributed by atoms with Crippen molar-refractivity contribution in [2.45, 2.75) is 12.8 Å². The van der Waals surface area contributed by atoms with Crippen molar-refractivity contribution in [2.24, 2.45) is 0 Å². The molecular weight excluding hydrogens is 110 g/mol. The van der Waals surface area contributed by atoms with Crippen molar-refractivity contribution < 1.29 is 5.06 Å². The molecule has 1 aliphatic heterocycles. The Balaban J connectivity index is 2.48. The van der Waals surface area contributed by atoms with E-state index in [0.29, 0.717) is 11.5 Å². The molecule has 40 valence electrons. The summed E-state index contributed by atoms with van der Waals surface area (Å²) in [5.41, 5.74) is 0. The zero-order valence-electron chi connectivity index (χ0n) is 3.94. The lowest BCUT2D eigenvalue weighted by atomic mass is 10.4. The Kier molecular flexibility index (Phi) is 1.37. The highest BCUT2D eigenvalue weighted by Crippen LogP contribution is 1.90. The number of hydrogen-bond acceptors (Lipinski definition) is 2. The molecule has 1 rings (SSSR count). The Bertz CT molecular complexity index is 93.7. The molecule has 0 aromatic heterocycles. The summed E-state index contributed by atoms with van der Waals surface area (Å²) < 4.78 is 0. The van der Waals surface area contributed by atoms with Crippen molar-refractivity contribution >= 4 is 17.2 Å². The minimum absolute atomic E-state index is 0.190. The van der Waals surface area contributed by atoms with Gasteiger partial charge in [-0.3, -0.25) is 0 Å². The van der Waals surface area contributed by atoms with Crippen molar-refractivity contribution in [3.63, 3.8) is 0 Å². The van der Waals surface area contributed by atoms with Crippen LogP contribution >= 0.6 is 12.2 Å². The summed E-state index contributed by atoms with van der Waals surface area (Å²) in [6.07, 6.45) is 1.84. The first kappa shape index (κ1) is 5.15. The van der Waals surface area contributed by atoms with E-state index < -0.39 is 0 Å². The molecular formula is C4H7NOS. The summed E-state index contributed by atoms with van der Waals surface area (Å²) in [6, 6.07) is 0. The summed E-state index contributed by atoms with van der Waals surface area (Å²) in [5.74, 6) is 0. The van der Waals surface area contributed by atoms with Crippen LogP contribution in [0.15, 0.2) is 0 Å². The second-order valence-electron chi connectivity index (χ2n) is 1.70. The fraction of sp³-hybridized carbons (Fsp3) is 0.750. The van der Waals surface area contributed by atoms with Crippen LogP contribution in [-0.2, 0) is 0 Å². The van der Waals surface area contributed by atoms with E-state index in [0.717, 1.165) is 12.8 Å². The Morgan fingerprint density at radius 1 is 1.71 bits per heavy atom. The molecule has 0 amide bonds. The lowest BCUT2D eigenvalue weighted by molar-refractivity contribution is -0.736. The number of hydroxylamine groups is 2. The van der Waals surface area contributed by atoms with Crippen LogP contribution in [0.3, 0.4) is 0 Å². The van der Waals surface area contributed by atoms with Crippen LogP contribution in [0.2, 0.25) is 0 Å². The third-order valence-corrected chi connectivity index (χ3v) is 1.55. The Morgan fingerprint density at radius 3 is 2.57 bits per heavy atom. The van der Waals surface area contributed by atoms with Crippen LogP contribution in [0.1, 0.15) is 12.8 Å². The van der Waals surface area contributed by atoms with Gasteiger partial charge in [0, 0.05) is 12.8 Å². The SMILES string of the molecule is [O-][NH+]1CCCC1=S. The molecule has 1 heterocycles. The van der Waals surface area contributed by atoms with E-state index in [1.807, 2.05) is 0 Å². The second kappa shape index (κ2) is 1.86. The molecule has 0 spiro atoms. The first-order valence-corrected chi connectivity index (χ1v) is 2.77. The monoisotopic (exact) mass is 117 g/mol. The fourth-order valence-corrected chi connectivity index (χ4v) is 0.935. The Morgan fingerprint density at radius 2 is 2.43 bits per heavy atom. The molecule has 1 aliphatic rings. The standard InChI is InChI=1S/C4H7NOS/c6-5-3-1-2-4(5)7/h5H,1-3H2. The van der Waals surface area contributed by atoms with Gasteiger partial charge in [-0.2, -0.15) is 0 Å². The van der Waals surface area contributed by atoms with E-state index in [1.54, 1.807) is 0 Å². The molecule has 0 aliphatic carbocycles. The highest BCUT2D eigenvalue weighted by atomic mass is 32.1. The van der Waals surface area contributed by atoms with E-state index in [9.17, 15) is 5.21 Å². The lowest BCUT2D eigenvalue weighted by Gasteiger charge is -2.12. The molecule has 2 nitrogen and oxygen atoms in total. The van der Waals surface area contributed by atoms with Gasteiger partial charge in [0.2, 0.25) is 0 Å². The average molecular weight is 117 g/mol. The minimum atomic E-state index is 0.190. The molecule has 0 aromatic carbocycles. The average Bonchev–Trinajstić information content (AvgIpc) is 1.91. The van der Waals surface area contributed by atoms with Gasteiger partial charge < -0.3 is 10.3 Å². The highest BCUT2D eigenvalue weighted by Gasteiger charge is 2.13. The van der Waals surface area contributed by atoms with Crippen LogP contribution in [-0.4, -0.2) is 11.5 Å². The summed E-state index contributed by atoms with van der Waals surface area (Å²) >= 11 is 4.69. The molecule has 0 bridgehead atoms. The molecule has 7 heavy (non-hydrogen) atoms. The lowest BCUT2D eigenvalue weighted by Crippen LogP contribution is -3.07.